The molecular formula is C34H38ClN3O8S. The number of hydrogen-bond donors (Lipinski definition) is 3. The fraction of sp³-hybridized carbons (Fsp3) is 0.382. The maximum Gasteiger partial charge on any atom is 0.303 e. The van der Waals surface area contributed by atoms with Gasteiger partial charge in [0.15, 0.2) is 0 Å². The number of hydrogen-bond acceptors (Lipinski definition) is 7. The van der Waals surface area contributed by atoms with E-state index in [9.17, 15) is 22.8 Å². The van der Waals surface area contributed by atoms with Crippen LogP contribution in [0.1, 0.15) is 77.5 Å². The van der Waals surface area contributed by atoms with Gasteiger partial charge in [-0.25, -0.2) is 18.6 Å². The highest BCUT2D eigenvalue weighted by Gasteiger charge is 2.49. The Morgan fingerprint density at radius 2 is 1.70 bits per heavy atom. The average molecular weight is 684 g/mol. The van der Waals surface area contributed by atoms with E-state index in [4.69, 9.17) is 26.3 Å². The molecule has 0 saturated heterocycles. The Morgan fingerprint density at radius 1 is 1.00 bits per heavy atom. The average Bonchev–Trinajstić information content (AvgIpc) is 3.04. The van der Waals surface area contributed by atoms with Gasteiger partial charge < -0.3 is 14.7 Å². The first-order valence-corrected chi connectivity index (χ1v) is 17.8. The molecule has 47 heavy (non-hydrogen) atoms. The van der Waals surface area contributed by atoms with Crippen LogP contribution in [0.3, 0.4) is 0 Å². The van der Waals surface area contributed by atoms with Crippen LogP contribution < -0.4 is 14.9 Å². The Bertz CT molecular complexity index is 1680. The van der Waals surface area contributed by atoms with E-state index < -0.39 is 45.9 Å². The van der Waals surface area contributed by atoms with Crippen LogP contribution in [-0.4, -0.2) is 61.2 Å². The van der Waals surface area contributed by atoms with Crippen LogP contribution in [0.15, 0.2) is 72.8 Å². The van der Waals surface area contributed by atoms with Crippen LogP contribution in [0.25, 0.3) is 0 Å². The molecule has 0 aromatic heterocycles. The van der Waals surface area contributed by atoms with E-state index in [2.05, 4.69) is 10.2 Å². The molecule has 3 aromatic rings. The summed E-state index contributed by atoms with van der Waals surface area (Å²) in [5, 5.41) is 9.27. The largest absolute Gasteiger partial charge is 0.494 e. The molecule has 0 spiro atoms. The highest BCUT2D eigenvalue weighted by molar-refractivity contribution is 7.88. The van der Waals surface area contributed by atoms with Gasteiger partial charge in [-0.2, -0.15) is 0 Å². The summed E-state index contributed by atoms with van der Waals surface area (Å²) in [5.41, 5.74) is 4.97. The van der Waals surface area contributed by atoms with Gasteiger partial charge in [0.1, 0.15) is 5.75 Å². The van der Waals surface area contributed by atoms with Crippen molar-refractivity contribution in [1.29, 1.82) is 0 Å². The highest BCUT2D eigenvalue weighted by atomic mass is 35.5. The fourth-order valence-electron chi connectivity index (χ4n) is 6.42. The van der Waals surface area contributed by atoms with Crippen molar-refractivity contribution < 1.29 is 37.5 Å². The zero-order chi connectivity index (χ0) is 33.6. The number of nitrogens with one attached hydrogen (secondary N) is 2. The predicted molar refractivity (Wildman–Crippen MR) is 175 cm³/mol. The molecule has 1 saturated carbocycles. The number of benzene rings is 3. The minimum absolute atomic E-state index is 0.0284. The number of carbonyl (C=O) groups is 3. The number of carboxylic acids is 1. The number of amides is 2. The van der Waals surface area contributed by atoms with Crippen molar-refractivity contribution in [3.8, 4) is 5.75 Å². The molecule has 4 atom stereocenters. The molecule has 1 fully saturated rings. The third kappa shape index (κ3) is 8.69. The lowest BCUT2D eigenvalue weighted by molar-refractivity contribution is -0.138. The number of carboxylic acid groups (broad SMARTS) is 1. The first-order valence-electron chi connectivity index (χ1n) is 15.5. The quantitative estimate of drug-likeness (QED) is 0.169. The van der Waals surface area contributed by atoms with Crippen LogP contribution in [-0.2, 0) is 31.1 Å². The molecule has 3 N–H and O–H groups in total. The molecule has 3 aromatic carbocycles. The van der Waals surface area contributed by atoms with Crippen molar-refractivity contribution in [2.75, 3.05) is 12.9 Å². The summed E-state index contributed by atoms with van der Waals surface area (Å²) in [5.74, 6) is -1.91. The van der Waals surface area contributed by atoms with E-state index in [1.54, 1.807) is 77.7 Å². The van der Waals surface area contributed by atoms with Crippen molar-refractivity contribution >= 4 is 39.4 Å². The van der Waals surface area contributed by atoms with Gasteiger partial charge in [-0.15, -0.1) is 0 Å². The number of carbonyl (C=O) groups excluding carboxylic acids is 2. The number of rotatable bonds is 13. The number of fused-ring (bicyclic) bond motifs is 1. The SMILES string of the molecule is CS(=O)(=O)N[C@H]1CCCC[C@@H]1N1C(=O)c2ccccc2[C@@H](C(=O)NOCc2ccc(OCCCC(=O)O)cc2)[C@@H]1c1ccc(Cl)cc1. The van der Waals surface area contributed by atoms with Crippen molar-refractivity contribution in [3.05, 3.63) is 100 Å². The van der Waals surface area contributed by atoms with Gasteiger partial charge in [-0.05, 0) is 66.3 Å². The van der Waals surface area contributed by atoms with E-state index in [0.717, 1.165) is 24.7 Å². The fourth-order valence-corrected chi connectivity index (χ4v) is 7.37. The first-order chi connectivity index (χ1) is 22.5. The first kappa shape index (κ1) is 34.4. The molecule has 0 radical (unpaired) electrons. The summed E-state index contributed by atoms with van der Waals surface area (Å²) in [6, 6.07) is 19.2. The monoisotopic (exact) mass is 683 g/mol. The summed E-state index contributed by atoms with van der Waals surface area (Å²) in [7, 11) is -3.58. The Balaban J connectivity index is 1.40. The molecule has 2 amide bonds. The second-order valence-electron chi connectivity index (χ2n) is 11.9. The molecular weight excluding hydrogens is 646 g/mol. The maximum absolute atomic E-state index is 14.3. The van der Waals surface area contributed by atoms with E-state index in [1.165, 1.54) is 0 Å². The molecule has 13 heteroatoms. The van der Waals surface area contributed by atoms with E-state index in [1.807, 2.05) is 0 Å². The standard InChI is InChI=1S/C34H38ClN3O8S/c1-47(43,44)37-28-9-4-5-10-29(28)38-32(23-14-16-24(35)17-15-23)31(26-7-2-3-8-27(26)34(38)42)33(41)36-46-21-22-12-18-25(19-13-22)45-20-6-11-30(39)40/h2-3,7-8,12-19,28-29,31-32,37H,4-6,9-11,20-21H2,1H3,(H,36,41)(H,39,40)/t28-,29-,31+,32-/m0/s1. The number of sulfonamides is 1. The smallest absolute Gasteiger partial charge is 0.303 e. The highest BCUT2D eigenvalue weighted by Crippen LogP contribution is 2.46. The third-order valence-electron chi connectivity index (χ3n) is 8.46. The second-order valence-corrected chi connectivity index (χ2v) is 14.1. The van der Waals surface area contributed by atoms with Gasteiger partial charge in [0.05, 0.1) is 31.4 Å². The normalized spacial score (nSPS) is 21.1. The Morgan fingerprint density at radius 3 is 2.40 bits per heavy atom. The molecule has 2 aliphatic rings. The van der Waals surface area contributed by atoms with Crippen LogP contribution in [0.4, 0.5) is 0 Å². The Labute approximate surface area is 279 Å². The van der Waals surface area contributed by atoms with Gasteiger partial charge >= 0.3 is 5.97 Å². The summed E-state index contributed by atoms with van der Waals surface area (Å²) < 4.78 is 33.1. The molecule has 1 heterocycles. The topological polar surface area (TPSA) is 151 Å². The lowest BCUT2D eigenvalue weighted by Crippen LogP contribution is -2.59. The number of nitrogens with zero attached hydrogens (tertiary/aromatic N) is 1. The van der Waals surface area contributed by atoms with Gasteiger partial charge in [0, 0.05) is 29.1 Å². The molecule has 5 rings (SSSR count). The molecule has 11 nitrogen and oxygen atoms in total. The van der Waals surface area contributed by atoms with E-state index >= 15 is 0 Å². The van der Waals surface area contributed by atoms with Crippen molar-refractivity contribution in [2.24, 2.45) is 0 Å². The number of hydroxylamine groups is 1. The van der Waals surface area contributed by atoms with Gasteiger partial charge in [0.2, 0.25) is 10.0 Å². The summed E-state index contributed by atoms with van der Waals surface area (Å²) in [6.45, 7) is 0.331. The Hall–Kier alpha value is -3.97. The lowest BCUT2D eigenvalue weighted by atomic mass is 9.76. The van der Waals surface area contributed by atoms with Crippen molar-refractivity contribution in [1.82, 2.24) is 15.1 Å². The lowest BCUT2D eigenvalue weighted by Gasteiger charge is -2.49. The molecule has 0 bridgehead atoms. The van der Waals surface area contributed by atoms with Gasteiger partial charge in [-0.1, -0.05) is 66.9 Å². The minimum Gasteiger partial charge on any atom is -0.494 e. The van der Waals surface area contributed by atoms with Crippen molar-refractivity contribution in [3.63, 3.8) is 0 Å². The Kier molecular flexibility index (Phi) is 11.2. The number of halogens is 1. The zero-order valence-electron chi connectivity index (χ0n) is 25.9. The van der Waals surface area contributed by atoms with Crippen LogP contribution in [0.2, 0.25) is 5.02 Å². The molecule has 250 valence electrons. The van der Waals surface area contributed by atoms with Crippen molar-refractivity contribution in [2.45, 2.75) is 69.2 Å². The van der Waals surface area contributed by atoms with Crippen LogP contribution in [0, 0.1) is 0 Å². The molecule has 0 unspecified atom stereocenters. The summed E-state index contributed by atoms with van der Waals surface area (Å²) in [6.07, 6.45) is 4.27. The predicted octanol–water partition coefficient (Wildman–Crippen LogP) is 4.97. The second kappa shape index (κ2) is 15.3. The minimum atomic E-state index is -3.58. The van der Waals surface area contributed by atoms with Crippen LogP contribution in [0.5, 0.6) is 5.75 Å². The number of aliphatic carboxylic acids is 1. The zero-order valence-corrected chi connectivity index (χ0v) is 27.5. The molecule has 1 aliphatic heterocycles. The number of ether oxygens (including phenoxy) is 1. The maximum atomic E-state index is 14.3. The van der Waals surface area contributed by atoms with Crippen LogP contribution >= 0.6 is 11.6 Å². The van der Waals surface area contributed by atoms with E-state index in [-0.39, 0.29) is 25.5 Å². The summed E-state index contributed by atoms with van der Waals surface area (Å²) >= 11 is 6.23. The molecule has 1 aliphatic carbocycles. The van der Waals surface area contributed by atoms with Gasteiger partial charge in [-0.3, -0.25) is 19.2 Å². The third-order valence-corrected chi connectivity index (χ3v) is 9.44. The van der Waals surface area contributed by atoms with E-state index in [0.29, 0.717) is 46.7 Å². The van der Waals surface area contributed by atoms with Gasteiger partial charge in [0.25, 0.3) is 11.8 Å². The summed E-state index contributed by atoms with van der Waals surface area (Å²) in [4.78, 5) is 46.5.